The monoisotopic (exact) mass is 475 g/mol. The molecule has 1 saturated heterocycles. The highest BCUT2D eigenvalue weighted by Gasteiger charge is 2.19. The number of rotatable bonds is 4. The number of anilines is 2. The average Bonchev–Trinajstić information content (AvgIpc) is 3.41. The maximum Gasteiger partial charge on any atom is 0.255 e. The highest BCUT2D eigenvalue weighted by molar-refractivity contribution is 8.00. The van der Waals surface area contributed by atoms with Gasteiger partial charge in [-0.3, -0.25) is 9.78 Å². The van der Waals surface area contributed by atoms with Crippen LogP contribution in [0.4, 0.5) is 15.8 Å². The van der Waals surface area contributed by atoms with Crippen molar-refractivity contribution < 1.29 is 9.18 Å². The van der Waals surface area contributed by atoms with E-state index in [0.717, 1.165) is 46.3 Å². The molecule has 0 saturated carbocycles. The van der Waals surface area contributed by atoms with Crippen LogP contribution in [0.25, 0.3) is 22.0 Å². The first-order valence-corrected chi connectivity index (χ1v) is 11.7. The third kappa shape index (κ3) is 4.77. The minimum atomic E-state index is -0.378. The Hall–Kier alpha value is -3.78. The van der Waals surface area contributed by atoms with Crippen molar-refractivity contribution in [1.82, 2.24) is 4.98 Å². The van der Waals surface area contributed by atoms with E-state index in [9.17, 15) is 9.18 Å². The highest BCUT2D eigenvalue weighted by Crippen LogP contribution is 2.32. The van der Waals surface area contributed by atoms with Crippen molar-refractivity contribution in [3.8, 4) is 11.3 Å². The molecular weight excluding hydrogens is 453 g/mol. The number of nitrogens with zero attached hydrogens (tertiary/aromatic N) is 2. The topological polar surface area (TPSA) is 79.4 Å². The predicted octanol–water partition coefficient (Wildman–Crippen LogP) is 6.53. The third-order valence-electron chi connectivity index (χ3n) is 5.66. The smallest absolute Gasteiger partial charge is 0.255 e. The minimum absolute atomic E-state index is 0.292. The zero-order chi connectivity index (χ0) is 24.1. The van der Waals surface area contributed by atoms with Crippen molar-refractivity contribution in [2.45, 2.75) is 13.3 Å². The molecule has 1 aromatic heterocycles. The number of hydrogen-bond acceptors (Lipinski definition) is 6. The SMILES string of the molecule is Cc1ccc(NC(=O)c2ccc(N3CCCS3)c(F)c2)cc1-c1nccc2ccccc12.O=O. The van der Waals surface area contributed by atoms with Gasteiger partial charge in [0.2, 0.25) is 0 Å². The number of benzene rings is 3. The fourth-order valence-corrected chi connectivity index (χ4v) is 5.00. The van der Waals surface area contributed by atoms with E-state index in [1.54, 1.807) is 30.3 Å². The van der Waals surface area contributed by atoms with E-state index in [1.807, 2.05) is 53.7 Å². The summed E-state index contributed by atoms with van der Waals surface area (Å²) in [5, 5.41) is 5.07. The summed E-state index contributed by atoms with van der Waals surface area (Å²) < 4.78 is 16.6. The van der Waals surface area contributed by atoms with Crippen LogP contribution in [0.5, 0.6) is 0 Å². The second-order valence-corrected chi connectivity index (χ2v) is 8.93. The summed E-state index contributed by atoms with van der Waals surface area (Å²) in [5.74, 6) is 0.269. The number of amides is 1. The molecule has 1 N–H and O–H groups in total. The lowest BCUT2D eigenvalue weighted by Crippen LogP contribution is -2.14. The molecule has 34 heavy (non-hydrogen) atoms. The Morgan fingerprint density at radius 2 is 1.88 bits per heavy atom. The van der Waals surface area contributed by atoms with Crippen LogP contribution in [0.1, 0.15) is 22.3 Å². The number of halogens is 1. The molecule has 172 valence electrons. The normalized spacial score (nSPS) is 12.8. The molecule has 0 radical (unpaired) electrons. The van der Waals surface area contributed by atoms with Gasteiger partial charge in [0.1, 0.15) is 5.82 Å². The second-order valence-electron chi connectivity index (χ2n) is 7.82. The van der Waals surface area contributed by atoms with Gasteiger partial charge in [-0.1, -0.05) is 30.3 Å². The van der Waals surface area contributed by atoms with Crippen molar-refractivity contribution in [1.29, 1.82) is 0 Å². The fourth-order valence-electron chi connectivity index (χ4n) is 3.98. The summed E-state index contributed by atoms with van der Waals surface area (Å²) in [6.45, 7) is 2.84. The number of nitrogens with one attached hydrogen (secondary N) is 1. The van der Waals surface area contributed by atoms with Gasteiger partial charge >= 0.3 is 0 Å². The fraction of sp³-hybridized carbons (Fsp3) is 0.154. The molecule has 8 heteroatoms. The molecule has 1 amide bonds. The van der Waals surface area contributed by atoms with Gasteiger partial charge in [0.15, 0.2) is 0 Å². The first-order chi connectivity index (χ1) is 16.6. The van der Waals surface area contributed by atoms with Crippen LogP contribution in [0.3, 0.4) is 0 Å². The molecule has 0 aliphatic carbocycles. The van der Waals surface area contributed by atoms with Gasteiger partial charge in [0.05, 0.1) is 11.4 Å². The molecule has 5 rings (SSSR count). The molecule has 1 aliphatic heterocycles. The highest BCUT2D eigenvalue weighted by atomic mass is 32.2. The molecule has 2 heterocycles. The van der Waals surface area contributed by atoms with Gasteiger partial charge in [0.25, 0.3) is 5.91 Å². The lowest BCUT2D eigenvalue weighted by Gasteiger charge is -2.17. The number of carbonyl (C=O) groups is 1. The zero-order valence-corrected chi connectivity index (χ0v) is 19.3. The van der Waals surface area contributed by atoms with Crippen LogP contribution < -0.4 is 9.62 Å². The molecule has 1 fully saturated rings. The van der Waals surface area contributed by atoms with Gasteiger partial charge in [-0.25, -0.2) is 4.39 Å². The quantitative estimate of drug-likeness (QED) is 0.338. The standard InChI is InChI=1S/C26H22FN3OS.O2/c1-17-7-9-20(16-22(17)25-21-6-3-2-5-18(21)11-12-28-25)29-26(31)19-8-10-24(23(27)15-19)30-13-4-14-32-30;1-2/h2-3,5-12,15-16H,4,13-14H2,1H3,(H,29,31);. The number of aromatic nitrogens is 1. The van der Waals surface area contributed by atoms with E-state index in [-0.39, 0.29) is 11.7 Å². The number of hydrogen-bond donors (Lipinski definition) is 1. The summed E-state index contributed by atoms with van der Waals surface area (Å²) in [6, 6.07) is 20.5. The van der Waals surface area contributed by atoms with Gasteiger partial charge in [-0.2, -0.15) is 0 Å². The lowest BCUT2D eigenvalue weighted by molar-refractivity contribution is 0.102. The zero-order valence-electron chi connectivity index (χ0n) is 18.5. The summed E-state index contributed by atoms with van der Waals surface area (Å²) in [7, 11) is 0. The molecule has 0 unspecified atom stereocenters. The van der Waals surface area contributed by atoms with Gasteiger partial charge in [-0.05, 0) is 72.6 Å². The van der Waals surface area contributed by atoms with Gasteiger partial charge in [-0.15, -0.1) is 0 Å². The minimum Gasteiger partial charge on any atom is -0.322 e. The third-order valence-corrected chi connectivity index (χ3v) is 6.82. The van der Waals surface area contributed by atoms with Crippen molar-refractivity contribution in [2.24, 2.45) is 0 Å². The Balaban J connectivity index is 0.00000133. The average molecular weight is 476 g/mol. The second kappa shape index (κ2) is 10.4. The first-order valence-electron chi connectivity index (χ1n) is 10.7. The van der Waals surface area contributed by atoms with Gasteiger partial charge in [0, 0.05) is 50.6 Å². The Labute approximate surface area is 200 Å². The number of pyridine rings is 1. The van der Waals surface area contributed by atoms with E-state index in [0.29, 0.717) is 16.9 Å². The van der Waals surface area contributed by atoms with E-state index >= 15 is 0 Å². The van der Waals surface area contributed by atoms with Crippen LogP contribution >= 0.6 is 11.9 Å². The van der Waals surface area contributed by atoms with E-state index in [2.05, 4.69) is 16.4 Å². The summed E-state index contributed by atoms with van der Waals surface area (Å²) >= 11 is 1.61. The van der Waals surface area contributed by atoms with E-state index < -0.39 is 0 Å². The maximum absolute atomic E-state index is 14.6. The number of fused-ring (bicyclic) bond motifs is 1. The van der Waals surface area contributed by atoms with E-state index in [4.69, 9.17) is 9.93 Å². The maximum atomic E-state index is 14.6. The predicted molar refractivity (Wildman–Crippen MR) is 137 cm³/mol. The van der Waals surface area contributed by atoms with Crippen LogP contribution in [0.15, 0.2) is 72.9 Å². The number of carbonyl (C=O) groups excluding carboxylic acids is 1. The van der Waals surface area contributed by atoms with Crippen molar-refractivity contribution in [2.75, 3.05) is 21.9 Å². The Bertz CT molecular complexity index is 1340. The number of aryl methyl sites for hydroxylation is 1. The van der Waals surface area contributed by atoms with Gasteiger partial charge < -0.3 is 9.62 Å². The van der Waals surface area contributed by atoms with Crippen LogP contribution in [-0.4, -0.2) is 23.2 Å². The molecule has 0 bridgehead atoms. The molecule has 0 atom stereocenters. The Morgan fingerprint density at radius 1 is 1.06 bits per heavy atom. The Morgan fingerprint density at radius 3 is 2.65 bits per heavy atom. The largest absolute Gasteiger partial charge is 0.322 e. The molecule has 6 nitrogen and oxygen atoms in total. The van der Waals surface area contributed by atoms with Crippen molar-refractivity contribution in [3.63, 3.8) is 0 Å². The molecule has 4 aromatic rings. The van der Waals surface area contributed by atoms with Crippen LogP contribution in [-0.2, 0) is 0 Å². The lowest BCUT2D eigenvalue weighted by atomic mass is 9.99. The van der Waals surface area contributed by atoms with Crippen LogP contribution in [0.2, 0.25) is 0 Å². The van der Waals surface area contributed by atoms with Crippen molar-refractivity contribution in [3.05, 3.63) is 99.8 Å². The summed E-state index contributed by atoms with van der Waals surface area (Å²) in [5.41, 5.74) is 4.35. The molecule has 0 spiro atoms. The van der Waals surface area contributed by atoms with Crippen molar-refractivity contribution >= 4 is 40.0 Å². The first kappa shape index (κ1) is 23.4. The molecule has 1 aliphatic rings. The molecular formula is C26H22FN3O3S. The molecule has 3 aromatic carbocycles. The summed E-state index contributed by atoms with van der Waals surface area (Å²) in [4.78, 5) is 31.4. The van der Waals surface area contributed by atoms with E-state index in [1.165, 1.54) is 6.07 Å². The van der Waals surface area contributed by atoms with Crippen LogP contribution in [0, 0.1) is 22.7 Å². The summed E-state index contributed by atoms with van der Waals surface area (Å²) in [6.07, 6.45) is 2.83. The Kier molecular flexibility index (Phi) is 7.18.